The maximum absolute atomic E-state index is 13.4. The Hall–Kier alpha value is -2.24. The monoisotopic (exact) mass is 437 g/mol. The highest BCUT2D eigenvalue weighted by atomic mass is 28.4. The van der Waals surface area contributed by atoms with Crippen LogP contribution in [0.3, 0.4) is 0 Å². The number of carbonyl (C=O) groups excluding carboxylic acids is 2. The molecule has 3 rings (SSSR count). The van der Waals surface area contributed by atoms with E-state index in [-0.39, 0.29) is 23.3 Å². The molecule has 0 radical (unpaired) electrons. The molecule has 0 spiro atoms. The number of β-lactam (4-membered cyclic amide) rings is 1. The molecule has 4 nitrogen and oxygen atoms in total. The molecule has 1 aliphatic heterocycles. The molecule has 0 bridgehead atoms. The zero-order valence-corrected chi connectivity index (χ0v) is 20.6. The quantitative estimate of drug-likeness (QED) is 0.299. The predicted octanol–water partition coefficient (Wildman–Crippen LogP) is 6.10. The Morgan fingerprint density at radius 2 is 1.48 bits per heavy atom. The number of carbonyl (C=O) groups is 2. The van der Waals surface area contributed by atoms with Gasteiger partial charge in [-0.2, -0.15) is 0 Å². The molecule has 1 fully saturated rings. The third kappa shape index (κ3) is 4.53. The number of hydrogen-bond donors (Lipinski definition) is 0. The van der Waals surface area contributed by atoms with Crippen molar-refractivity contribution < 1.29 is 14.0 Å². The molecule has 0 aromatic heterocycles. The molecule has 31 heavy (non-hydrogen) atoms. The van der Waals surface area contributed by atoms with E-state index in [2.05, 4.69) is 41.5 Å². The summed E-state index contributed by atoms with van der Waals surface area (Å²) in [7, 11) is -2.00. The van der Waals surface area contributed by atoms with E-state index in [1.807, 2.05) is 54.6 Å². The first-order chi connectivity index (χ1) is 14.7. The van der Waals surface area contributed by atoms with Crippen LogP contribution in [0.15, 0.2) is 54.6 Å². The van der Waals surface area contributed by atoms with Gasteiger partial charge in [0.25, 0.3) is 11.8 Å². The van der Waals surface area contributed by atoms with E-state index in [0.717, 1.165) is 29.3 Å². The summed E-state index contributed by atoms with van der Waals surface area (Å²) in [6, 6.07) is 19.9. The smallest absolute Gasteiger partial charge is 0.261 e. The maximum atomic E-state index is 13.4. The van der Waals surface area contributed by atoms with Gasteiger partial charge in [0.1, 0.15) is 0 Å². The summed E-state index contributed by atoms with van der Waals surface area (Å²) in [6.45, 7) is 12.9. The third-order valence-corrected chi connectivity index (χ3v) is 11.3. The molecule has 2 atom stereocenters. The molecule has 2 aromatic carbocycles. The lowest BCUT2D eigenvalue weighted by Crippen LogP contribution is -2.64. The second-order valence-corrected chi connectivity index (χ2v) is 14.2. The lowest BCUT2D eigenvalue weighted by Gasteiger charge is -2.48. The Morgan fingerprint density at radius 3 is 1.97 bits per heavy atom. The second-order valence-electron chi connectivity index (χ2n) is 9.48. The van der Waals surface area contributed by atoms with Crippen LogP contribution in [-0.4, -0.2) is 31.1 Å². The highest BCUT2D eigenvalue weighted by Crippen LogP contribution is 2.41. The van der Waals surface area contributed by atoms with Crippen LogP contribution in [0, 0.1) is 0 Å². The van der Waals surface area contributed by atoms with Crippen molar-refractivity contribution in [1.82, 2.24) is 4.90 Å². The van der Waals surface area contributed by atoms with Crippen molar-refractivity contribution in [3.05, 3.63) is 71.3 Å². The summed E-state index contributed by atoms with van der Waals surface area (Å²) in [5.74, 6) is -0.470. The average Bonchev–Trinajstić information content (AvgIpc) is 2.78. The molecule has 0 N–H and O–H groups in total. The summed E-state index contributed by atoms with van der Waals surface area (Å²) in [5.41, 5.74) is 2.64. The predicted molar refractivity (Wildman–Crippen MR) is 128 cm³/mol. The van der Waals surface area contributed by atoms with E-state index in [1.54, 1.807) is 0 Å². The normalized spacial score (nSPS) is 19.3. The van der Waals surface area contributed by atoms with Gasteiger partial charge in [-0.1, -0.05) is 84.0 Å². The van der Waals surface area contributed by atoms with E-state index in [9.17, 15) is 9.59 Å². The fourth-order valence-corrected chi connectivity index (χ4v) is 7.07. The fraction of sp³-hybridized carbons (Fsp3) is 0.462. The van der Waals surface area contributed by atoms with Gasteiger partial charge < -0.3 is 4.43 Å². The standard InChI is InChI=1S/C26H35NO3Si/c1-7-31(8-2,9-3)30-23-22(19-13-11-10-12-14-19)27(25(23)29)24(28)20-15-17-21(18-16-20)26(4,5)6/h10-18,22-23H,7-9H2,1-6H3/t22-,23+/m0/s1. The fourth-order valence-electron chi connectivity index (χ4n) is 4.30. The van der Waals surface area contributed by atoms with Crippen LogP contribution in [0.2, 0.25) is 18.1 Å². The maximum Gasteiger partial charge on any atom is 0.261 e. The van der Waals surface area contributed by atoms with Crippen molar-refractivity contribution in [3.8, 4) is 0 Å². The molecule has 5 heteroatoms. The Kier molecular flexibility index (Phi) is 6.87. The number of nitrogens with zero attached hydrogens (tertiary/aromatic N) is 1. The highest BCUT2D eigenvalue weighted by molar-refractivity contribution is 6.73. The summed E-state index contributed by atoms with van der Waals surface area (Å²) in [4.78, 5) is 28.0. The molecule has 1 aliphatic rings. The van der Waals surface area contributed by atoms with Crippen LogP contribution in [0.1, 0.15) is 69.1 Å². The van der Waals surface area contributed by atoms with Crippen LogP contribution in [0.4, 0.5) is 0 Å². The molecule has 166 valence electrons. The van der Waals surface area contributed by atoms with Gasteiger partial charge in [0.2, 0.25) is 0 Å². The van der Waals surface area contributed by atoms with Gasteiger partial charge in [-0.05, 0) is 46.8 Å². The van der Waals surface area contributed by atoms with Gasteiger partial charge in [0.15, 0.2) is 14.4 Å². The van der Waals surface area contributed by atoms with E-state index in [4.69, 9.17) is 4.43 Å². The van der Waals surface area contributed by atoms with Crippen LogP contribution in [0.25, 0.3) is 0 Å². The Morgan fingerprint density at radius 1 is 0.935 bits per heavy atom. The second kappa shape index (κ2) is 9.09. The van der Waals surface area contributed by atoms with Crippen molar-refractivity contribution in [1.29, 1.82) is 0 Å². The van der Waals surface area contributed by atoms with Crippen molar-refractivity contribution in [3.63, 3.8) is 0 Å². The molecule has 1 saturated heterocycles. The van der Waals surface area contributed by atoms with Crippen molar-refractivity contribution >= 4 is 20.1 Å². The van der Waals surface area contributed by atoms with Gasteiger partial charge in [0, 0.05) is 5.56 Å². The number of likely N-dealkylation sites (tertiary alicyclic amines) is 1. The minimum atomic E-state index is -2.00. The zero-order valence-electron chi connectivity index (χ0n) is 19.6. The van der Waals surface area contributed by atoms with Gasteiger partial charge in [0.05, 0.1) is 6.04 Å². The van der Waals surface area contributed by atoms with E-state index in [0.29, 0.717) is 5.56 Å². The Bertz CT molecular complexity index is 906. The topological polar surface area (TPSA) is 46.6 Å². The van der Waals surface area contributed by atoms with Crippen LogP contribution in [-0.2, 0) is 14.6 Å². The first-order valence-electron chi connectivity index (χ1n) is 11.4. The number of amides is 2. The van der Waals surface area contributed by atoms with Gasteiger partial charge >= 0.3 is 0 Å². The molecule has 1 heterocycles. The van der Waals surface area contributed by atoms with Crippen LogP contribution < -0.4 is 0 Å². The first-order valence-corrected chi connectivity index (χ1v) is 13.9. The summed E-state index contributed by atoms with van der Waals surface area (Å²) < 4.78 is 6.58. The molecule has 2 aromatic rings. The molecule has 0 unspecified atom stereocenters. The molecular weight excluding hydrogens is 402 g/mol. The minimum absolute atomic E-state index is 0.00801. The Labute approximate surface area is 187 Å². The number of rotatable bonds is 7. The lowest BCUT2D eigenvalue weighted by atomic mass is 9.86. The van der Waals surface area contributed by atoms with Crippen LogP contribution in [0.5, 0.6) is 0 Å². The molecule has 0 saturated carbocycles. The Balaban J connectivity index is 1.92. The minimum Gasteiger partial charge on any atom is -0.403 e. The number of benzene rings is 2. The zero-order chi connectivity index (χ0) is 22.8. The summed E-state index contributed by atoms with van der Waals surface area (Å²) >= 11 is 0. The van der Waals surface area contributed by atoms with Crippen molar-refractivity contribution in [2.45, 2.75) is 77.2 Å². The van der Waals surface area contributed by atoms with Gasteiger partial charge in [-0.3, -0.25) is 14.5 Å². The molecule has 0 aliphatic carbocycles. The van der Waals surface area contributed by atoms with Gasteiger partial charge in [-0.25, -0.2) is 0 Å². The molecular formula is C26H35NO3Si. The van der Waals surface area contributed by atoms with E-state index >= 15 is 0 Å². The summed E-state index contributed by atoms with van der Waals surface area (Å²) in [6.07, 6.45) is -0.577. The highest BCUT2D eigenvalue weighted by Gasteiger charge is 2.54. The third-order valence-electron chi connectivity index (χ3n) is 6.71. The number of imide groups is 1. The number of hydrogen-bond acceptors (Lipinski definition) is 3. The lowest BCUT2D eigenvalue weighted by molar-refractivity contribution is -0.158. The van der Waals surface area contributed by atoms with Crippen molar-refractivity contribution in [2.24, 2.45) is 0 Å². The average molecular weight is 438 g/mol. The molecule has 2 amide bonds. The first kappa shape index (κ1) is 23.4. The van der Waals surface area contributed by atoms with E-state index in [1.165, 1.54) is 4.90 Å². The van der Waals surface area contributed by atoms with E-state index < -0.39 is 14.4 Å². The van der Waals surface area contributed by atoms with Gasteiger partial charge in [-0.15, -0.1) is 0 Å². The summed E-state index contributed by atoms with van der Waals surface area (Å²) in [5, 5.41) is 0. The van der Waals surface area contributed by atoms with Crippen molar-refractivity contribution in [2.75, 3.05) is 0 Å². The SMILES string of the molecule is CC[Si](CC)(CC)O[C@H]1C(=O)N(C(=O)c2ccc(C(C)(C)C)cc2)[C@H]1c1ccccc1. The largest absolute Gasteiger partial charge is 0.403 e. The van der Waals surface area contributed by atoms with Crippen LogP contribution >= 0.6 is 0 Å².